The highest BCUT2D eigenvalue weighted by atomic mass is 32.3. The minimum atomic E-state index is -4.45. The van der Waals surface area contributed by atoms with Crippen molar-refractivity contribution in [3.05, 3.63) is 0 Å². The van der Waals surface area contributed by atoms with Gasteiger partial charge in [0, 0.05) is 13.1 Å². The van der Waals surface area contributed by atoms with E-state index in [4.69, 9.17) is 9.92 Å². The Labute approximate surface area is 200 Å². The lowest BCUT2D eigenvalue weighted by molar-refractivity contribution is -0.0449. The van der Waals surface area contributed by atoms with Crippen LogP contribution in [0.1, 0.15) is 77.0 Å². The first-order valence-corrected chi connectivity index (χ1v) is 16.3. The van der Waals surface area contributed by atoms with Crippen LogP contribution in [0.4, 0.5) is 0 Å². The van der Waals surface area contributed by atoms with Crippen molar-refractivity contribution in [1.29, 1.82) is 4.78 Å². The summed E-state index contributed by atoms with van der Waals surface area (Å²) in [6, 6.07) is 0. The summed E-state index contributed by atoms with van der Waals surface area (Å²) in [4.78, 5) is 0. The first-order valence-electron chi connectivity index (χ1n) is 13.4. The molecule has 0 heterocycles. The number of nitrogens with one attached hydrogen (secondary N) is 1. The molecule has 0 aromatic rings. The van der Waals surface area contributed by atoms with Gasteiger partial charge in [0.1, 0.15) is 0 Å². The molecule has 1 unspecified atom stereocenters. The van der Waals surface area contributed by atoms with Gasteiger partial charge in [0.2, 0.25) is 10.2 Å². The van der Waals surface area contributed by atoms with Crippen LogP contribution < -0.4 is 5.14 Å². The topological polar surface area (TPSA) is 114 Å². The molecule has 8 fully saturated rings. The quantitative estimate of drug-likeness (QED) is 0.492. The molecule has 1 atom stereocenters. The summed E-state index contributed by atoms with van der Waals surface area (Å²) in [5.41, 5.74) is 0. The van der Waals surface area contributed by atoms with Crippen molar-refractivity contribution >= 4 is 20.5 Å². The monoisotopic (exact) mass is 499 g/mol. The molecule has 0 saturated heterocycles. The van der Waals surface area contributed by atoms with Gasteiger partial charge in [0.25, 0.3) is 0 Å². The molecule has 0 spiro atoms. The summed E-state index contributed by atoms with van der Waals surface area (Å²) < 4.78 is 50.9. The average molecular weight is 500 g/mol. The Kier molecular flexibility index (Phi) is 5.92. The second-order valence-electron chi connectivity index (χ2n) is 12.7. The minimum absolute atomic E-state index is 0.470. The van der Waals surface area contributed by atoms with Gasteiger partial charge in [-0.3, -0.25) is 0 Å². The summed E-state index contributed by atoms with van der Waals surface area (Å²) in [6.45, 7) is 0.941. The molecule has 33 heavy (non-hydrogen) atoms. The number of hydrogen-bond acceptors (Lipinski definition) is 5. The number of hydrogen-bond donors (Lipinski definition) is 2. The van der Waals surface area contributed by atoms with Gasteiger partial charge in [0.15, 0.2) is 0 Å². The maximum Gasteiger partial charge on any atom is 0.347 e. The van der Waals surface area contributed by atoms with Gasteiger partial charge in [-0.1, -0.05) is 0 Å². The van der Waals surface area contributed by atoms with Crippen LogP contribution in [-0.2, 0) is 24.1 Å². The van der Waals surface area contributed by atoms with Crippen LogP contribution in [0, 0.1) is 64.0 Å². The van der Waals surface area contributed by atoms with Crippen molar-refractivity contribution in [1.82, 2.24) is 4.31 Å². The zero-order valence-electron chi connectivity index (χ0n) is 19.6. The Hall–Kier alpha value is -0.220. The Morgan fingerprint density at radius 2 is 1.00 bits per heavy atom. The fourth-order valence-corrected chi connectivity index (χ4v) is 12.2. The van der Waals surface area contributed by atoms with Gasteiger partial charge >= 0.3 is 10.3 Å². The van der Waals surface area contributed by atoms with E-state index in [1.807, 2.05) is 0 Å². The van der Waals surface area contributed by atoms with Crippen molar-refractivity contribution in [2.45, 2.75) is 77.0 Å². The smallest absolute Gasteiger partial charge is 0.216 e. The van der Waals surface area contributed by atoms with Crippen molar-refractivity contribution in [2.75, 3.05) is 13.1 Å². The maximum atomic E-state index is 13.2. The summed E-state index contributed by atoms with van der Waals surface area (Å²) in [6.07, 6.45) is 15.2. The maximum absolute atomic E-state index is 13.2. The predicted molar refractivity (Wildman–Crippen MR) is 127 cm³/mol. The number of rotatable bonds is 9. The lowest BCUT2D eigenvalue weighted by Gasteiger charge is -2.55. The Bertz CT molecular complexity index is 864. The normalized spacial score (nSPS) is 47.3. The lowest BCUT2D eigenvalue weighted by atomic mass is 9.51. The van der Waals surface area contributed by atoms with E-state index in [1.54, 1.807) is 0 Å². The zero-order chi connectivity index (χ0) is 23.0. The van der Waals surface area contributed by atoms with Crippen LogP contribution in [0.5, 0.6) is 0 Å². The second kappa shape index (κ2) is 8.43. The van der Waals surface area contributed by atoms with E-state index >= 15 is 0 Å². The molecule has 0 aromatic carbocycles. The van der Waals surface area contributed by atoms with E-state index < -0.39 is 20.5 Å². The first-order chi connectivity index (χ1) is 15.6. The lowest BCUT2D eigenvalue weighted by Crippen LogP contribution is -2.48. The van der Waals surface area contributed by atoms with Gasteiger partial charge in [-0.15, -0.1) is 3.63 Å². The van der Waals surface area contributed by atoms with E-state index in [9.17, 15) is 12.6 Å². The van der Waals surface area contributed by atoms with Gasteiger partial charge in [-0.2, -0.15) is 12.7 Å². The highest BCUT2D eigenvalue weighted by Crippen LogP contribution is 2.58. The second-order valence-corrected chi connectivity index (χ2v) is 15.7. The number of nitrogens with zero attached hydrogens (tertiary/aromatic N) is 1. The number of nitrogens with two attached hydrogens (primary N) is 1. The van der Waals surface area contributed by atoms with Crippen molar-refractivity contribution < 1.29 is 16.3 Å². The van der Waals surface area contributed by atoms with Crippen LogP contribution in [0.2, 0.25) is 0 Å². The summed E-state index contributed by atoms with van der Waals surface area (Å²) in [5, 5.41) is 5.05. The molecular weight excluding hydrogens is 458 g/mol. The van der Waals surface area contributed by atoms with E-state index in [-0.39, 0.29) is 0 Å². The summed E-state index contributed by atoms with van der Waals surface area (Å²) in [5.74, 6) is 7.89. The zero-order valence-corrected chi connectivity index (χ0v) is 21.3. The molecule has 8 rings (SSSR count). The molecule has 0 radical (unpaired) electrons. The average Bonchev–Trinajstić information content (AvgIpc) is 2.68. The van der Waals surface area contributed by atoms with Crippen LogP contribution in [0.3, 0.4) is 0 Å². The first kappa shape index (κ1) is 23.2. The third kappa shape index (κ3) is 4.66. The summed E-state index contributed by atoms with van der Waals surface area (Å²) >= 11 is 0. The molecule has 9 heteroatoms. The Morgan fingerprint density at radius 3 is 1.30 bits per heavy atom. The molecule has 8 bridgehead atoms. The minimum Gasteiger partial charge on any atom is -0.216 e. The molecule has 8 saturated carbocycles. The van der Waals surface area contributed by atoms with E-state index in [1.165, 1.54) is 68.5 Å². The molecule has 0 aliphatic heterocycles. The molecule has 0 aromatic heterocycles. The molecule has 3 N–H and O–H groups in total. The Balaban J connectivity index is 1.14. The molecule has 8 aliphatic carbocycles. The fraction of sp³-hybridized carbons (Fsp3) is 1.00. The van der Waals surface area contributed by atoms with E-state index in [0.29, 0.717) is 24.9 Å². The largest absolute Gasteiger partial charge is 0.347 e. The Morgan fingerprint density at radius 1 is 0.667 bits per heavy atom. The van der Waals surface area contributed by atoms with Crippen molar-refractivity contribution in [2.24, 2.45) is 64.3 Å². The third-order valence-corrected chi connectivity index (χ3v) is 13.3. The SMILES string of the molecule is N=S(=O)(OS(N)(=O)=O)N(CCC1C2CC3CC(C2)CC1C3)CCC1C2CC3CC(C2)CC1C3. The molecular formula is C24H41N3O4S2. The summed E-state index contributed by atoms with van der Waals surface area (Å²) in [7, 11) is -8.36. The van der Waals surface area contributed by atoms with Crippen LogP contribution in [0.25, 0.3) is 0 Å². The van der Waals surface area contributed by atoms with E-state index in [0.717, 1.165) is 60.2 Å². The van der Waals surface area contributed by atoms with E-state index in [2.05, 4.69) is 3.63 Å². The standard InChI is InChI=1S/C24H41N3O4S2/c25-32(28,31-33(26,29)30)27(3-1-23-19-7-15-5-16(9-19)10-20(23)8-15)4-2-24-21-11-17-6-18(13-21)14-22(24)12-17/h15-25H,1-14H2,(H2,26,29,30). The molecule has 7 nitrogen and oxygen atoms in total. The predicted octanol–water partition coefficient (Wildman–Crippen LogP) is 4.31. The van der Waals surface area contributed by atoms with Gasteiger partial charge < -0.3 is 0 Å². The van der Waals surface area contributed by atoms with Crippen LogP contribution in [0.15, 0.2) is 0 Å². The van der Waals surface area contributed by atoms with Gasteiger partial charge in [-0.25, -0.2) is 14.1 Å². The highest BCUT2D eigenvalue weighted by Gasteiger charge is 2.49. The molecule has 0 amide bonds. The molecule has 188 valence electrons. The fourth-order valence-electron chi connectivity index (χ4n) is 10.1. The third-order valence-electron chi connectivity index (χ3n) is 10.8. The highest BCUT2D eigenvalue weighted by molar-refractivity contribution is 7.98. The van der Waals surface area contributed by atoms with Crippen LogP contribution >= 0.6 is 0 Å². The van der Waals surface area contributed by atoms with Gasteiger partial charge in [-0.05, 0) is 136 Å². The molecule has 8 aliphatic rings. The van der Waals surface area contributed by atoms with Crippen LogP contribution in [-0.4, -0.2) is 30.0 Å². The van der Waals surface area contributed by atoms with Gasteiger partial charge in [0.05, 0.1) is 0 Å². The van der Waals surface area contributed by atoms with Crippen molar-refractivity contribution in [3.8, 4) is 0 Å². The van der Waals surface area contributed by atoms with Crippen molar-refractivity contribution in [3.63, 3.8) is 0 Å².